The molecule has 0 atom stereocenters. The van der Waals surface area contributed by atoms with Crippen LogP contribution < -0.4 is 0 Å². The van der Waals surface area contributed by atoms with Gasteiger partial charge in [0, 0.05) is 32.2 Å². The second kappa shape index (κ2) is 5.55. The lowest BCUT2D eigenvalue weighted by atomic mass is 10.3. The summed E-state index contributed by atoms with van der Waals surface area (Å²) in [6.07, 6.45) is 4.57. The zero-order valence-electron chi connectivity index (χ0n) is 10.4. The van der Waals surface area contributed by atoms with Crippen molar-refractivity contribution in [1.82, 2.24) is 4.98 Å². The van der Waals surface area contributed by atoms with Crippen LogP contribution in [0.1, 0.15) is 5.56 Å². The molecule has 1 aromatic rings. The minimum absolute atomic E-state index is 0.138. The summed E-state index contributed by atoms with van der Waals surface area (Å²) in [5.74, 6) is 0.138. The summed E-state index contributed by atoms with van der Waals surface area (Å²) < 4.78 is 27.0. The van der Waals surface area contributed by atoms with E-state index in [4.69, 9.17) is 0 Å². The number of sulfonamides is 1. The van der Waals surface area contributed by atoms with Gasteiger partial charge in [-0.25, -0.2) is 8.42 Å². The van der Waals surface area contributed by atoms with Crippen molar-refractivity contribution in [2.45, 2.75) is 25.7 Å². The molecule has 0 unspecified atom stereocenters. The van der Waals surface area contributed by atoms with E-state index in [1.165, 1.54) is 6.21 Å². The van der Waals surface area contributed by atoms with Crippen molar-refractivity contribution in [3.63, 3.8) is 0 Å². The first-order valence-corrected chi connectivity index (χ1v) is 10.8. The summed E-state index contributed by atoms with van der Waals surface area (Å²) in [6.45, 7) is 6.44. The Bertz CT molecular complexity index is 478. The third-order valence-corrected chi connectivity index (χ3v) is 5.42. The van der Waals surface area contributed by atoms with Crippen LogP contribution in [0.25, 0.3) is 0 Å². The van der Waals surface area contributed by atoms with E-state index in [9.17, 15) is 8.42 Å². The van der Waals surface area contributed by atoms with Crippen LogP contribution in [-0.2, 0) is 10.0 Å². The zero-order valence-corrected chi connectivity index (χ0v) is 12.2. The maximum atomic E-state index is 11.7. The van der Waals surface area contributed by atoms with Crippen LogP contribution in [0.5, 0.6) is 0 Å². The molecule has 0 bridgehead atoms. The second-order valence-electron chi connectivity index (χ2n) is 5.12. The molecular formula is C11H18N2O2SSi. The number of hydrogen-bond acceptors (Lipinski definition) is 3. The Labute approximate surface area is 104 Å². The lowest BCUT2D eigenvalue weighted by molar-refractivity contribution is 0.599. The van der Waals surface area contributed by atoms with Crippen molar-refractivity contribution in [3.05, 3.63) is 30.1 Å². The fraction of sp³-hybridized carbons (Fsp3) is 0.455. The molecule has 0 saturated heterocycles. The Hall–Kier alpha value is -1.01. The smallest absolute Gasteiger partial charge is 0.252 e. The van der Waals surface area contributed by atoms with E-state index < -0.39 is 18.1 Å². The molecule has 0 radical (unpaired) electrons. The maximum Gasteiger partial charge on any atom is 0.252 e. The van der Waals surface area contributed by atoms with Gasteiger partial charge in [-0.05, 0) is 12.1 Å². The van der Waals surface area contributed by atoms with E-state index >= 15 is 0 Å². The van der Waals surface area contributed by atoms with Crippen molar-refractivity contribution < 1.29 is 8.42 Å². The first kappa shape index (κ1) is 14.0. The molecule has 6 heteroatoms. The summed E-state index contributed by atoms with van der Waals surface area (Å²) in [5.41, 5.74) is 0.698. The van der Waals surface area contributed by atoms with E-state index in [2.05, 4.69) is 29.0 Å². The highest BCUT2D eigenvalue weighted by atomic mass is 32.2. The molecule has 0 saturated carbocycles. The zero-order chi connectivity index (χ0) is 12.9. The quantitative estimate of drug-likeness (QED) is 0.608. The van der Waals surface area contributed by atoms with E-state index in [0.717, 1.165) is 6.04 Å². The largest absolute Gasteiger partial charge is 0.264 e. The Balaban J connectivity index is 2.65. The molecule has 0 aliphatic carbocycles. The summed E-state index contributed by atoms with van der Waals surface area (Å²) in [4.78, 5) is 3.89. The molecule has 1 aromatic heterocycles. The minimum atomic E-state index is -3.34. The fourth-order valence-electron chi connectivity index (χ4n) is 1.08. The van der Waals surface area contributed by atoms with Gasteiger partial charge in [0.25, 0.3) is 10.0 Å². The molecule has 0 fully saturated rings. The number of hydrogen-bond donors (Lipinski definition) is 0. The van der Waals surface area contributed by atoms with Gasteiger partial charge in [0.2, 0.25) is 0 Å². The third kappa shape index (κ3) is 6.33. The standard InChI is InChI=1S/C11H18N2O2SSi/c1-17(2,3)8-7-16(14,15)13-10-11-5-4-6-12-9-11/h4-6,9-10H,7-8H2,1-3H3. The molecule has 1 rings (SSSR count). The Morgan fingerprint density at radius 3 is 2.65 bits per heavy atom. The lowest BCUT2D eigenvalue weighted by Crippen LogP contribution is -2.23. The van der Waals surface area contributed by atoms with Crippen LogP contribution in [-0.4, -0.2) is 33.4 Å². The summed E-state index contributed by atoms with van der Waals surface area (Å²) in [7, 11) is -4.68. The van der Waals surface area contributed by atoms with Crippen LogP contribution in [0.2, 0.25) is 25.7 Å². The van der Waals surface area contributed by atoms with Crippen molar-refractivity contribution in [2.24, 2.45) is 4.40 Å². The predicted octanol–water partition coefficient (Wildman–Crippen LogP) is 2.17. The van der Waals surface area contributed by atoms with Gasteiger partial charge in [-0.3, -0.25) is 4.98 Å². The highest BCUT2D eigenvalue weighted by molar-refractivity contribution is 7.90. The van der Waals surface area contributed by atoms with Crippen LogP contribution in [0.3, 0.4) is 0 Å². The number of rotatable bonds is 5. The van der Waals surface area contributed by atoms with Gasteiger partial charge in [-0.15, -0.1) is 0 Å². The van der Waals surface area contributed by atoms with Gasteiger partial charge in [0.1, 0.15) is 0 Å². The monoisotopic (exact) mass is 270 g/mol. The molecule has 0 N–H and O–H groups in total. The molecule has 4 nitrogen and oxygen atoms in total. The molecule has 0 spiro atoms. The molecule has 1 heterocycles. The first-order valence-electron chi connectivity index (χ1n) is 5.47. The van der Waals surface area contributed by atoms with Crippen molar-refractivity contribution in [2.75, 3.05) is 5.75 Å². The summed E-state index contributed by atoms with van der Waals surface area (Å²) >= 11 is 0. The predicted molar refractivity (Wildman–Crippen MR) is 73.8 cm³/mol. The molecule has 0 aliphatic rings. The number of pyridine rings is 1. The normalized spacial score (nSPS) is 13.1. The average molecular weight is 270 g/mol. The molecular weight excluding hydrogens is 252 g/mol. The van der Waals surface area contributed by atoms with Crippen LogP contribution in [0.4, 0.5) is 0 Å². The van der Waals surface area contributed by atoms with Crippen LogP contribution >= 0.6 is 0 Å². The van der Waals surface area contributed by atoms with E-state index in [1.807, 2.05) is 0 Å². The summed E-state index contributed by atoms with van der Waals surface area (Å²) in [6, 6.07) is 4.25. The average Bonchev–Trinajstić information content (AvgIpc) is 2.25. The second-order valence-corrected chi connectivity index (χ2v) is 12.5. The maximum absolute atomic E-state index is 11.7. The highest BCUT2D eigenvalue weighted by Crippen LogP contribution is 2.10. The van der Waals surface area contributed by atoms with Crippen molar-refractivity contribution in [1.29, 1.82) is 0 Å². The SMILES string of the molecule is C[Si](C)(C)CCS(=O)(=O)N=Cc1cccnc1. The van der Waals surface area contributed by atoms with Gasteiger partial charge < -0.3 is 0 Å². The molecule has 0 aromatic carbocycles. The van der Waals surface area contributed by atoms with Gasteiger partial charge in [0.15, 0.2) is 0 Å². The van der Waals surface area contributed by atoms with Gasteiger partial charge in [-0.2, -0.15) is 4.40 Å². The highest BCUT2D eigenvalue weighted by Gasteiger charge is 2.17. The first-order chi connectivity index (χ1) is 7.79. The van der Waals surface area contributed by atoms with Crippen molar-refractivity contribution in [3.8, 4) is 0 Å². The number of aromatic nitrogens is 1. The Morgan fingerprint density at radius 1 is 1.41 bits per heavy atom. The van der Waals surface area contributed by atoms with Crippen molar-refractivity contribution >= 4 is 24.3 Å². The molecule has 0 aliphatic heterocycles. The van der Waals surface area contributed by atoms with Crippen LogP contribution in [0, 0.1) is 0 Å². The van der Waals surface area contributed by atoms with Gasteiger partial charge in [0.05, 0.1) is 5.75 Å². The Morgan fingerprint density at radius 2 is 2.12 bits per heavy atom. The molecule has 94 valence electrons. The fourth-order valence-corrected chi connectivity index (χ4v) is 4.95. The Kier molecular flexibility index (Phi) is 4.59. The molecule has 17 heavy (non-hydrogen) atoms. The third-order valence-electron chi connectivity index (χ3n) is 2.16. The van der Waals surface area contributed by atoms with E-state index in [-0.39, 0.29) is 5.75 Å². The topological polar surface area (TPSA) is 59.4 Å². The minimum Gasteiger partial charge on any atom is -0.264 e. The lowest BCUT2D eigenvalue weighted by Gasteiger charge is -2.13. The van der Waals surface area contributed by atoms with Crippen LogP contribution in [0.15, 0.2) is 28.9 Å². The van der Waals surface area contributed by atoms with Gasteiger partial charge >= 0.3 is 0 Å². The van der Waals surface area contributed by atoms with E-state index in [0.29, 0.717) is 5.56 Å². The van der Waals surface area contributed by atoms with Gasteiger partial charge in [-0.1, -0.05) is 25.7 Å². The molecule has 0 amide bonds. The summed E-state index contributed by atoms with van der Waals surface area (Å²) in [5, 5.41) is 0. The number of nitrogens with zero attached hydrogens (tertiary/aromatic N) is 2. The van der Waals surface area contributed by atoms with E-state index in [1.54, 1.807) is 24.5 Å².